The molecular formula is C21H27N3O4. The highest BCUT2D eigenvalue weighted by Crippen LogP contribution is 2.38. The third kappa shape index (κ3) is 4.24. The van der Waals surface area contributed by atoms with Gasteiger partial charge in [0.2, 0.25) is 17.7 Å². The molecule has 0 saturated carbocycles. The summed E-state index contributed by atoms with van der Waals surface area (Å²) in [5, 5.41) is 5.20. The van der Waals surface area contributed by atoms with Gasteiger partial charge in [0.25, 0.3) is 0 Å². The molecule has 0 fully saturated rings. The van der Waals surface area contributed by atoms with Crippen LogP contribution in [0.1, 0.15) is 61.8 Å². The largest absolute Gasteiger partial charge is 0.325 e. The van der Waals surface area contributed by atoms with Crippen LogP contribution in [0.4, 0.5) is 10.5 Å². The Kier molecular flexibility index (Phi) is 6.11. The van der Waals surface area contributed by atoms with Crippen LogP contribution >= 0.6 is 0 Å². The van der Waals surface area contributed by atoms with Crippen molar-refractivity contribution in [1.29, 1.82) is 0 Å². The van der Waals surface area contributed by atoms with Gasteiger partial charge in [0.15, 0.2) is 0 Å². The van der Waals surface area contributed by atoms with Gasteiger partial charge in [-0.1, -0.05) is 6.07 Å². The van der Waals surface area contributed by atoms with E-state index in [1.807, 2.05) is 0 Å². The summed E-state index contributed by atoms with van der Waals surface area (Å²) >= 11 is 0. The Morgan fingerprint density at radius 1 is 0.964 bits per heavy atom. The Morgan fingerprint density at radius 2 is 1.57 bits per heavy atom. The zero-order valence-corrected chi connectivity index (χ0v) is 16.5. The topological polar surface area (TPSA) is 95.6 Å². The summed E-state index contributed by atoms with van der Waals surface area (Å²) in [5.41, 5.74) is 5.86. The first-order valence-electron chi connectivity index (χ1n) is 9.99. The number of benzene rings is 1. The SMILES string of the molecule is CCN(C(C)=O)C(=O)CCC(=O)NC(=O)Nc1c2c(cc3c1CCC3)CCC2. The van der Waals surface area contributed by atoms with Gasteiger partial charge >= 0.3 is 6.03 Å². The molecule has 2 N–H and O–H groups in total. The number of imide groups is 2. The van der Waals surface area contributed by atoms with Crippen LogP contribution in [0.2, 0.25) is 0 Å². The second-order valence-electron chi connectivity index (χ2n) is 7.39. The fraction of sp³-hybridized carbons (Fsp3) is 0.524. The third-order valence-electron chi connectivity index (χ3n) is 5.53. The van der Waals surface area contributed by atoms with Gasteiger partial charge in [-0.05, 0) is 67.7 Å². The standard InChI is InChI=1S/C21H27N3O4/c1-3-24(13(2)25)19(27)11-10-18(26)22-21(28)23-20-16-8-4-6-14(16)12-15-7-5-9-17(15)20/h12H,3-11H2,1-2H3,(H2,22,23,26,28). The molecule has 0 bridgehead atoms. The van der Waals surface area contributed by atoms with E-state index in [4.69, 9.17) is 0 Å². The average Bonchev–Trinajstić information content (AvgIpc) is 3.29. The van der Waals surface area contributed by atoms with Gasteiger partial charge in [-0.25, -0.2) is 4.79 Å². The van der Waals surface area contributed by atoms with Crippen molar-refractivity contribution in [3.8, 4) is 0 Å². The van der Waals surface area contributed by atoms with E-state index in [1.54, 1.807) is 6.92 Å². The molecular weight excluding hydrogens is 358 g/mol. The second kappa shape index (κ2) is 8.54. The highest BCUT2D eigenvalue weighted by Gasteiger charge is 2.25. The van der Waals surface area contributed by atoms with Gasteiger partial charge in [0, 0.05) is 32.0 Å². The summed E-state index contributed by atoms with van der Waals surface area (Å²) < 4.78 is 0. The number of carbonyl (C=O) groups excluding carboxylic acids is 4. The maximum atomic E-state index is 12.4. The molecule has 28 heavy (non-hydrogen) atoms. The number of aryl methyl sites for hydroxylation is 2. The number of nitrogens with one attached hydrogen (secondary N) is 2. The van der Waals surface area contributed by atoms with Crippen molar-refractivity contribution in [2.75, 3.05) is 11.9 Å². The van der Waals surface area contributed by atoms with Gasteiger partial charge < -0.3 is 5.32 Å². The van der Waals surface area contributed by atoms with Crippen LogP contribution in [0.25, 0.3) is 0 Å². The van der Waals surface area contributed by atoms with E-state index in [2.05, 4.69) is 16.7 Å². The van der Waals surface area contributed by atoms with Gasteiger partial charge in [-0.3, -0.25) is 24.6 Å². The lowest BCUT2D eigenvalue weighted by molar-refractivity contribution is -0.144. The normalized spacial score (nSPS) is 14.2. The Bertz CT molecular complexity index is 799. The molecule has 1 aromatic rings. The van der Waals surface area contributed by atoms with Crippen molar-refractivity contribution in [1.82, 2.24) is 10.2 Å². The van der Waals surface area contributed by atoms with Crippen molar-refractivity contribution in [2.24, 2.45) is 0 Å². The van der Waals surface area contributed by atoms with E-state index in [-0.39, 0.29) is 25.3 Å². The fourth-order valence-electron chi connectivity index (χ4n) is 4.23. The highest BCUT2D eigenvalue weighted by atomic mass is 16.2. The number of urea groups is 1. The van der Waals surface area contributed by atoms with Crippen LogP contribution in [0.15, 0.2) is 6.07 Å². The average molecular weight is 385 g/mol. The Labute approximate surface area is 164 Å². The van der Waals surface area contributed by atoms with Gasteiger partial charge in [-0.2, -0.15) is 0 Å². The van der Waals surface area contributed by atoms with Gasteiger partial charge in [0.05, 0.1) is 0 Å². The molecule has 0 atom stereocenters. The van der Waals surface area contributed by atoms with E-state index < -0.39 is 17.8 Å². The maximum Gasteiger partial charge on any atom is 0.325 e. The minimum absolute atomic E-state index is 0.108. The summed E-state index contributed by atoms with van der Waals surface area (Å²) in [7, 11) is 0. The molecule has 0 heterocycles. The molecule has 1 aromatic carbocycles. The lowest BCUT2D eigenvalue weighted by atomic mass is 9.99. The van der Waals surface area contributed by atoms with Crippen LogP contribution in [-0.4, -0.2) is 35.2 Å². The first-order valence-corrected chi connectivity index (χ1v) is 9.99. The molecule has 7 heteroatoms. The van der Waals surface area contributed by atoms with Crippen molar-refractivity contribution >= 4 is 29.4 Å². The molecule has 5 amide bonds. The summed E-state index contributed by atoms with van der Waals surface area (Å²) in [6.07, 6.45) is 5.87. The van der Waals surface area contributed by atoms with Crippen LogP contribution in [-0.2, 0) is 40.1 Å². The smallest absolute Gasteiger partial charge is 0.307 e. The molecule has 0 aromatic heterocycles. The van der Waals surface area contributed by atoms with Gasteiger partial charge in [0.1, 0.15) is 0 Å². The predicted octanol–water partition coefficient (Wildman–Crippen LogP) is 2.49. The Morgan fingerprint density at radius 3 is 2.11 bits per heavy atom. The van der Waals surface area contributed by atoms with Crippen LogP contribution in [0.3, 0.4) is 0 Å². The molecule has 3 rings (SSSR count). The molecule has 7 nitrogen and oxygen atoms in total. The van der Waals surface area contributed by atoms with E-state index in [0.29, 0.717) is 0 Å². The van der Waals surface area contributed by atoms with Crippen molar-refractivity contribution in [2.45, 2.75) is 65.2 Å². The number of hydrogen-bond donors (Lipinski definition) is 2. The zero-order chi connectivity index (χ0) is 20.3. The second-order valence-corrected chi connectivity index (χ2v) is 7.39. The molecule has 2 aliphatic carbocycles. The lowest BCUT2D eigenvalue weighted by Crippen LogP contribution is -2.38. The lowest BCUT2D eigenvalue weighted by Gasteiger charge is -2.17. The first kappa shape index (κ1) is 20.0. The number of rotatable bonds is 5. The third-order valence-corrected chi connectivity index (χ3v) is 5.53. The Hall–Kier alpha value is -2.70. The van der Waals surface area contributed by atoms with E-state index in [1.165, 1.54) is 29.2 Å². The van der Waals surface area contributed by atoms with E-state index >= 15 is 0 Å². The number of hydrogen-bond acceptors (Lipinski definition) is 4. The number of amides is 5. The number of anilines is 1. The molecule has 0 radical (unpaired) electrons. The maximum absolute atomic E-state index is 12.4. The number of fused-ring (bicyclic) bond motifs is 2. The molecule has 0 spiro atoms. The highest BCUT2D eigenvalue weighted by molar-refractivity contribution is 6.03. The number of nitrogens with zero attached hydrogens (tertiary/aromatic N) is 1. The quantitative estimate of drug-likeness (QED) is 0.814. The predicted molar refractivity (Wildman–Crippen MR) is 105 cm³/mol. The van der Waals surface area contributed by atoms with E-state index in [9.17, 15) is 19.2 Å². The van der Waals surface area contributed by atoms with Crippen molar-refractivity contribution < 1.29 is 19.2 Å². The zero-order valence-electron chi connectivity index (χ0n) is 16.5. The van der Waals surface area contributed by atoms with Crippen LogP contribution in [0.5, 0.6) is 0 Å². The summed E-state index contributed by atoms with van der Waals surface area (Å²) in [6, 6.07) is 1.71. The minimum Gasteiger partial charge on any atom is -0.307 e. The van der Waals surface area contributed by atoms with Gasteiger partial charge in [-0.15, -0.1) is 0 Å². The van der Waals surface area contributed by atoms with E-state index in [0.717, 1.165) is 49.1 Å². The van der Waals surface area contributed by atoms with Crippen LogP contribution < -0.4 is 10.6 Å². The van der Waals surface area contributed by atoms with Crippen LogP contribution in [0, 0.1) is 0 Å². The summed E-state index contributed by atoms with van der Waals surface area (Å²) in [4.78, 5) is 48.9. The number of carbonyl (C=O) groups is 4. The summed E-state index contributed by atoms with van der Waals surface area (Å²) in [6.45, 7) is 3.27. The van der Waals surface area contributed by atoms with Crippen molar-refractivity contribution in [3.05, 3.63) is 28.3 Å². The molecule has 150 valence electrons. The molecule has 0 saturated heterocycles. The molecule has 2 aliphatic rings. The fourth-order valence-corrected chi connectivity index (χ4v) is 4.23. The molecule has 0 aliphatic heterocycles. The summed E-state index contributed by atoms with van der Waals surface area (Å²) in [5.74, 6) is -1.30. The van der Waals surface area contributed by atoms with Crippen molar-refractivity contribution in [3.63, 3.8) is 0 Å². The minimum atomic E-state index is -0.564. The molecule has 0 unspecified atom stereocenters. The monoisotopic (exact) mass is 385 g/mol. The Balaban J connectivity index is 1.59. The first-order chi connectivity index (χ1) is 13.4.